The molecule has 0 aliphatic carbocycles. The topological polar surface area (TPSA) is 115 Å². The SMILES string of the molecule is CCOC(=O)CCc1oc2ccccc2c1C[C@@H]1CCCN1C(=O)C(NC(=O)[C@H](C)N)C(C)C. The predicted octanol–water partition coefficient (Wildman–Crippen LogP) is 2.95. The van der Waals surface area contributed by atoms with Crippen LogP contribution in [0, 0.1) is 5.92 Å². The third-order valence-corrected chi connectivity index (χ3v) is 6.39. The highest BCUT2D eigenvalue weighted by atomic mass is 16.5. The molecule has 1 unspecified atom stereocenters. The number of para-hydroxylation sites is 1. The molecule has 0 saturated carbocycles. The Morgan fingerprint density at radius 2 is 1.97 bits per heavy atom. The Balaban J connectivity index is 1.82. The Morgan fingerprint density at radius 3 is 2.65 bits per heavy atom. The molecular weight excluding hydrogens is 434 g/mol. The standard InChI is InChI=1S/C26H37N3O5/c1-5-33-23(30)13-12-22-20(19-10-6-7-11-21(19)34-22)15-18-9-8-14-29(18)26(32)24(16(2)3)28-25(31)17(4)27/h6-7,10-11,16-18,24H,5,8-9,12-15,27H2,1-4H3,(H,28,31)/t17-,18-,24?/m0/s1. The van der Waals surface area contributed by atoms with E-state index in [1.165, 1.54) is 0 Å². The van der Waals surface area contributed by atoms with Crippen LogP contribution in [-0.2, 0) is 32.0 Å². The zero-order valence-corrected chi connectivity index (χ0v) is 20.6. The number of benzene rings is 1. The predicted molar refractivity (Wildman–Crippen MR) is 130 cm³/mol. The maximum absolute atomic E-state index is 13.5. The normalized spacial score (nSPS) is 17.7. The van der Waals surface area contributed by atoms with E-state index >= 15 is 0 Å². The fourth-order valence-corrected chi connectivity index (χ4v) is 4.57. The molecule has 1 saturated heterocycles. The second-order valence-corrected chi connectivity index (χ2v) is 9.36. The number of nitrogens with zero attached hydrogens (tertiary/aromatic N) is 1. The molecule has 3 rings (SSSR count). The maximum atomic E-state index is 13.5. The van der Waals surface area contributed by atoms with E-state index in [-0.39, 0.29) is 36.2 Å². The molecule has 0 bridgehead atoms. The number of carbonyl (C=O) groups is 3. The van der Waals surface area contributed by atoms with Crippen molar-refractivity contribution in [2.45, 2.75) is 77.9 Å². The Labute approximate surface area is 201 Å². The van der Waals surface area contributed by atoms with E-state index in [9.17, 15) is 14.4 Å². The fraction of sp³-hybridized carbons (Fsp3) is 0.577. The summed E-state index contributed by atoms with van der Waals surface area (Å²) in [6, 6.07) is 6.51. The molecule has 34 heavy (non-hydrogen) atoms. The number of hydrogen-bond donors (Lipinski definition) is 2. The smallest absolute Gasteiger partial charge is 0.306 e. The van der Waals surface area contributed by atoms with Gasteiger partial charge in [-0.15, -0.1) is 0 Å². The Hall–Kier alpha value is -2.87. The largest absolute Gasteiger partial charge is 0.466 e. The average Bonchev–Trinajstić information content (AvgIpc) is 3.40. The summed E-state index contributed by atoms with van der Waals surface area (Å²) < 4.78 is 11.2. The molecule has 0 spiro atoms. The van der Waals surface area contributed by atoms with Crippen LogP contribution in [0.5, 0.6) is 0 Å². The highest BCUT2D eigenvalue weighted by Crippen LogP contribution is 2.32. The monoisotopic (exact) mass is 471 g/mol. The molecule has 2 amide bonds. The van der Waals surface area contributed by atoms with E-state index < -0.39 is 12.1 Å². The zero-order chi connectivity index (χ0) is 24.8. The number of fused-ring (bicyclic) bond motifs is 1. The Bertz CT molecular complexity index is 1010. The molecule has 1 aromatic carbocycles. The van der Waals surface area contributed by atoms with Crippen LogP contribution in [0.1, 0.15) is 58.3 Å². The molecular formula is C26H37N3O5. The first kappa shape index (κ1) is 25.7. The van der Waals surface area contributed by atoms with Crippen molar-refractivity contribution in [3.63, 3.8) is 0 Å². The molecule has 1 fully saturated rings. The van der Waals surface area contributed by atoms with Crippen molar-refractivity contribution in [3.05, 3.63) is 35.6 Å². The molecule has 0 radical (unpaired) electrons. The molecule has 8 heteroatoms. The second kappa shape index (κ2) is 11.5. The first-order chi connectivity index (χ1) is 16.2. The lowest BCUT2D eigenvalue weighted by atomic mass is 9.97. The minimum atomic E-state index is -0.678. The van der Waals surface area contributed by atoms with E-state index in [1.807, 2.05) is 43.0 Å². The molecule has 2 heterocycles. The van der Waals surface area contributed by atoms with E-state index in [4.69, 9.17) is 14.9 Å². The van der Waals surface area contributed by atoms with Crippen LogP contribution in [0.2, 0.25) is 0 Å². The summed E-state index contributed by atoms with van der Waals surface area (Å²) in [7, 11) is 0. The van der Waals surface area contributed by atoms with Gasteiger partial charge in [-0.25, -0.2) is 0 Å². The van der Waals surface area contributed by atoms with Gasteiger partial charge in [0.2, 0.25) is 11.8 Å². The fourth-order valence-electron chi connectivity index (χ4n) is 4.57. The molecule has 186 valence electrons. The van der Waals surface area contributed by atoms with E-state index in [2.05, 4.69) is 5.32 Å². The van der Waals surface area contributed by atoms with Crippen molar-refractivity contribution in [2.24, 2.45) is 11.7 Å². The van der Waals surface area contributed by atoms with Crippen LogP contribution in [0.3, 0.4) is 0 Å². The third-order valence-electron chi connectivity index (χ3n) is 6.39. The summed E-state index contributed by atoms with van der Waals surface area (Å²) in [6.07, 6.45) is 3.09. The van der Waals surface area contributed by atoms with E-state index in [0.717, 1.165) is 35.1 Å². The van der Waals surface area contributed by atoms with Crippen molar-refractivity contribution in [1.82, 2.24) is 10.2 Å². The van der Waals surface area contributed by atoms with Crippen LogP contribution in [0.4, 0.5) is 0 Å². The lowest BCUT2D eigenvalue weighted by Gasteiger charge is -2.31. The second-order valence-electron chi connectivity index (χ2n) is 9.36. The van der Waals surface area contributed by atoms with Gasteiger partial charge in [-0.2, -0.15) is 0 Å². The van der Waals surface area contributed by atoms with Gasteiger partial charge in [0.05, 0.1) is 19.1 Å². The maximum Gasteiger partial charge on any atom is 0.306 e. The number of ether oxygens (including phenoxy) is 1. The van der Waals surface area contributed by atoms with Crippen molar-refractivity contribution < 1.29 is 23.5 Å². The van der Waals surface area contributed by atoms with Crippen LogP contribution >= 0.6 is 0 Å². The Morgan fingerprint density at radius 1 is 1.24 bits per heavy atom. The van der Waals surface area contributed by atoms with Crippen LogP contribution in [0.25, 0.3) is 11.0 Å². The number of aryl methyl sites for hydroxylation is 1. The van der Waals surface area contributed by atoms with Crippen LogP contribution < -0.4 is 11.1 Å². The molecule has 1 aliphatic rings. The van der Waals surface area contributed by atoms with Gasteiger partial charge in [0.1, 0.15) is 17.4 Å². The molecule has 3 atom stereocenters. The number of nitrogens with two attached hydrogens (primary N) is 1. The Kier molecular flexibility index (Phi) is 8.72. The van der Waals surface area contributed by atoms with Crippen molar-refractivity contribution in [3.8, 4) is 0 Å². The van der Waals surface area contributed by atoms with Gasteiger partial charge >= 0.3 is 5.97 Å². The van der Waals surface area contributed by atoms with Gasteiger partial charge in [-0.05, 0) is 45.1 Å². The molecule has 1 aliphatic heterocycles. The summed E-state index contributed by atoms with van der Waals surface area (Å²) >= 11 is 0. The number of furan rings is 1. The average molecular weight is 472 g/mol. The number of hydrogen-bond acceptors (Lipinski definition) is 6. The van der Waals surface area contributed by atoms with Gasteiger partial charge in [0.15, 0.2) is 0 Å². The number of rotatable bonds is 10. The van der Waals surface area contributed by atoms with E-state index in [1.54, 1.807) is 13.8 Å². The first-order valence-corrected chi connectivity index (χ1v) is 12.2. The van der Waals surface area contributed by atoms with Crippen molar-refractivity contribution >= 4 is 28.8 Å². The summed E-state index contributed by atoms with van der Waals surface area (Å²) in [5.41, 5.74) is 7.52. The van der Waals surface area contributed by atoms with Gasteiger partial charge in [-0.1, -0.05) is 32.0 Å². The first-order valence-electron chi connectivity index (χ1n) is 12.2. The number of carbonyl (C=O) groups excluding carboxylic acids is 3. The highest BCUT2D eigenvalue weighted by molar-refractivity contribution is 5.90. The van der Waals surface area contributed by atoms with Gasteiger partial charge in [0, 0.05) is 30.0 Å². The van der Waals surface area contributed by atoms with Crippen LogP contribution in [0.15, 0.2) is 28.7 Å². The van der Waals surface area contributed by atoms with Gasteiger partial charge in [0.25, 0.3) is 0 Å². The zero-order valence-electron chi connectivity index (χ0n) is 20.6. The molecule has 1 aromatic heterocycles. The van der Waals surface area contributed by atoms with Crippen molar-refractivity contribution in [1.29, 1.82) is 0 Å². The summed E-state index contributed by atoms with van der Waals surface area (Å²) in [4.78, 5) is 39.6. The van der Waals surface area contributed by atoms with Crippen LogP contribution in [-0.4, -0.2) is 54.0 Å². The number of likely N-dealkylation sites (tertiary alicyclic amines) is 1. The van der Waals surface area contributed by atoms with Gasteiger partial charge in [-0.3, -0.25) is 14.4 Å². The minimum Gasteiger partial charge on any atom is -0.466 e. The summed E-state index contributed by atoms with van der Waals surface area (Å²) in [5.74, 6) is 0.0408. The molecule has 2 aromatic rings. The third kappa shape index (κ3) is 5.97. The highest BCUT2D eigenvalue weighted by Gasteiger charge is 2.36. The quantitative estimate of drug-likeness (QED) is 0.515. The minimum absolute atomic E-state index is 0.0108. The number of nitrogens with one attached hydrogen (secondary N) is 1. The number of amides is 2. The molecule has 3 N–H and O–H groups in total. The van der Waals surface area contributed by atoms with Gasteiger partial charge < -0.3 is 25.1 Å². The molecule has 8 nitrogen and oxygen atoms in total. The lowest BCUT2D eigenvalue weighted by molar-refractivity contribution is -0.143. The summed E-state index contributed by atoms with van der Waals surface area (Å²) in [6.45, 7) is 8.24. The lowest BCUT2D eigenvalue weighted by Crippen LogP contribution is -2.55. The van der Waals surface area contributed by atoms with E-state index in [0.29, 0.717) is 26.0 Å². The number of esters is 1. The van der Waals surface area contributed by atoms with Crippen molar-refractivity contribution in [2.75, 3.05) is 13.2 Å². The summed E-state index contributed by atoms with van der Waals surface area (Å²) in [5, 5.41) is 3.84.